The predicted molar refractivity (Wildman–Crippen MR) is 182 cm³/mol. The van der Waals surface area contributed by atoms with E-state index in [-0.39, 0.29) is 42.7 Å². The number of rotatable bonds is 9. The number of methoxy groups -OCH3 is 1. The third-order valence-corrected chi connectivity index (χ3v) is 9.12. The second kappa shape index (κ2) is 14.0. The first kappa shape index (κ1) is 33.5. The molecule has 10 heteroatoms. The molecule has 0 radical (unpaired) electrons. The van der Waals surface area contributed by atoms with Crippen LogP contribution in [0.3, 0.4) is 0 Å². The van der Waals surface area contributed by atoms with Crippen molar-refractivity contribution in [2.45, 2.75) is 64.0 Å². The van der Waals surface area contributed by atoms with Crippen LogP contribution in [0.15, 0.2) is 66.7 Å². The van der Waals surface area contributed by atoms with E-state index in [1.165, 1.54) is 6.07 Å². The van der Waals surface area contributed by atoms with Crippen molar-refractivity contribution in [3.05, 3.63) is 78.1 Å². The first-order valence-electron chi connectivity index (χ1n) is 16.8. The van der Waals surface area contributed by atoms with Gasteiger partial charge in [-0.05, 0) is 87.8 Å². The molecule has 0 aromatic heterocycles. The minimum absolute atomic E-state index is 0.00000371. The fraction of sp³-hybridized carbons (Fsp3) is 0.447. The highest BCUT2D eigenvalue weighted by Crippen LogP contribution is 2.43. The van der Waals surface area contributed by atoms with Crippen molar-refractivity contribution >= 4 is 29.3 Å². The molecule has 3 aromatic carbocycles. The Balaban J connectivity index is 1.36. The summed E-state index contributed by atoms with van der Waals surface area (Å²) < 4.78 is 31.5. The summed E-state index contributed by atoms with van der Waals surface area (Å²) in [5, 5.41) is 0. The lowest BCUT2D eigenvalue weighted by molar-refractivity contribution is -0.124. The van der Waals surface area contributed by atoms with Gasteiger partial charge in [-0.1, -0.05) is 42.5 Å². The van der Waals surface area contributed by atoms with Gasteiger partial charge in [-0.15, -0.1) is 0 Å². The lowest BCUT2D eigenvalue weighted by Crippen LogP contribution is -2.51. The van der Waals surface area contributed by atoms with E-state index in [4.69, 9.17) is 14.2 Å². The monoisotopic (exact) mass is 657 g/mol. The molecule has 3 amide bonds. The first-order chi connectivity index (χ1) is 23.0. The Kier molecular flexibility index (Phi) is 9.73. The highest BCUT2D eigenvalue weighted by Gasteiger charge is 2.44. The highest BCUT2D eigenvalue weighted by atomic mass is 19.1. The fourth-order valence-electron chi connectivity index (χ4n) is 6.71. The molecule has 0 bridgehead atoms. The average Bonchev–Trinajstić information content (AvgIpc) is 3.90. The molecule has 0 N–H and O–H groups in total. The number of carbonyl (C=O) groups is 3. The Morgan fingerprint density at radius 1 is 1.02 bits per heavy atom. The Hall–Kier alpha value is -4.44. The summed E-state index contributed by atoms with van der Waals surface area (Å²) in [6, 6.07) is 20.0. The molecule has 3 aliphatic rings. The van der Waals surface area contributed by atoms with E-state index in [1.807, 2.05) is 68.1 Å². The number of hydrogen-bond donors (Lipinski definition) is 0. The van der Waals surface area contributed by atoms with Crippen molar-refractivity contribution in [2.24, 2.45) is 5.92 Å². The molecule has 3 aromatic rings. The Morgan fingerprint density at radius 2 is 1.81 bits per heavy atom. The molecule has 6 rings (SSSR count). The van der Waals surface area contributed by atoms with Crippen LogP contribution in [0.25, 0.3) is 11.1 Å². The lowest BCUT2D eigenvalue weighted by atomic mass is 9.78. The molecule has 1 aliphatic carbocycles. The van der Waals surface area contributed by atoms with Crippen LogP contribution < -0.4 is 14.5 Å². The van der Waals surface area contributed by atoms with E-state index >= 15 is 0 Å². The van der Waals surface area contributed by atoms with Crippen molar-refractivity contribution < 1.29 is 33.0 Å². The summed E-state index contributed by atoms with van der Waals surface area (Å²) in [4.78, 5) is 46.3. The van der Waals surface area contributed by atoms with Gasteiger partial charge in [-0.2, -0.15) is 0 Å². The molecule has 254 valence electrons. The third-order valence-electron chi connectivity index (χ3n) is 9.12. The number of likely N-dealkylation sites (tertiary alicyclic amines) is 1. The number of carbonyl (C=O) groups excluding carboxylic acids is 3. The van der Waals surface area contributed by atoms with Crippen LogP contribution in [0.5, 0.6) is 5.75 Å². The molecule has 0 unspecified atom stereocenters. The van der Waals surface area contributed by atoms with Gasteiger partial charge in [0, 0.05) is 50.6 Å². The fourth-order valence-corrected chi connectivity index (χ4v) is 6.71. The molecule has 9 nitrogen and oxygen atoms in total. The number of anilines is 2. The standard InChI is InChI=1S/C38H44FN3O6/c1-38(2,3)48-37(45)40-19-17-29(25-9-7-10-26(21-25)30-11-5-6-12-32(30)39)31(23-40)36(44)42(27-13-14-27)28-15-16-34-33(22-28)41(18-8-20-46-4)35(43)24-47-34/h5-7,9-12,15-16,21-22,27,29,31H,8,13-14,17-20,23-24H2,1-4H3/t29-,31+/m1/s1. The maximum Gasteiger partial charge on any atom is 0.410 e. The zero-order chi connectivity index (χ0) is 34.0. The molecule has 2 atom stereocenters. The molecule has 1 saturated heterocycles. The molecule has 0 spiro atoms. The summed E-state index contributed by atoms with van der Waals surface area (Å²) in [5.74, 6) is -0.772. The average molecular weight is 658 g/mol. The van der Waals surface area contributed by atoms with Crippen molar-refractivity contribution in [1.82, 2.24) is 4.90 Å². The topological polar surface area (TPSA) is 88.6 Å². The number of ether oxygens (including phenoxy) is 3. The lowest BCUT2D eigenvalue weighted by Gasteiger charge is -2.41. The summed E-state index contributed by atoms with van der Waals surface area (Å²) in [6.07, 6.45) is 2.45. The normalized spacial score (nSPS) is 19.4. The number of fused-ring (bicyclic) bond motifs is 1. The summed E-state index contributed by atoms with van der Waals surface area (Å²) >= 11 is 0. The van der Waals surface area contributed by atoms with Gasteiger partial charge in [0.1, 0.15) is 17.2 Å². The van der Waals surface area contributed by atoms with Gasteiger partial charge in [0.05, 0.1) is 11.6 Å². The summed E-state index contributed by atoms with van der Waals surface area (Å²) in [6.45, 7) is 7.03. The second-order valence-electron chi connectivity index (χ2n) is 13.8. The van der Waals surface area contributed by atoms with Crippen molar-refractivity contribution in [3.8, 4) is 16.9 Å². The smallest absolute Gasteiger partial charge is 0.410 e. The highest BCUT2D eigenvalue weighted by molar-refractivity contribution is 6.01. The Morgan fingerprint density at radius 3 is 2.54 bits per heavy atom. The van der Waals surface area contributed by atoms with Crippen LogP contribution in [-0.2, 0) is 19.1 Å². The van der Waals surface area contributed by atoms with E-state index in [0.717, 1.165) is 24.0 Å². The van der Waals surface area contributed by atoms with E-state index in [2.05, 4.69) is 0 Å². The zero-order valence-electron chi connectivity index (χ0n) is 28.1. The van der Waals surface area contributed by atoms with Crippen LogP contribution in [0, 0.1) is 11.7 Å². The second-order valence-corrected chi connectivity index (χ2v) is 13.8. The van der Waals surface area contributed by atoms with Gasteiger partial charge in [-0.25, -0.2) is 9.18 Å². The maximum atomic E-state index is 14.9. The van der Waals surface area contributed by atoms with Crippen LogP contribution in [0.2, 0.25) is 0 Å². The number of amides is 3. The quantitative estimate of drug-likeness (QED) is 0.236. The van der Waals surface area contributed by atoms with Crippen LogP contribution in [0.1, 0.15) is 57.9 Å². The van der Waals surface area contributed by atoms with Gasteiger partial charge >= 0.3 is 6.09 Å². The summed E-state index contributed by atoms with van der Waals surface area (Å²) in [5.41, 5.74) is 2.78. The van der Waals surface area contributed by atoms with Gasteiger partial charge in [0.25, 0.3) is 5.91 Å². The van der Waals surface area contributed by atoms with Crippen molar-refractivity contribution in [1.29, 1.82) is 0 Å². The maximum absolute atomic E-state index is 14.9. The number of hydrogen-bond acceptors (Lipinski definition) is 6. The third kappa shape index (κ3) is 7.33. The predicted octanol–water partition coefficient (Wildman–Crippen LogP) is 6.79. The van der Waals surface area contributed by atoms with Crippen molar-refractivity contribution in [3.63, 3.8) is 0 Å². The van der Waals surface area contributed by atoms with Gasteiger partial charge in [0.2, 0.25) is 5.91 Å². The molecule has 2 aliphatic heterocycles. The molecule has 48 heavy (non-hydrogen) atoms. The van der Waals surface area contributed by atoms with Gasteiger partial charge in [-0.3, -0.25) is 9.59 Å². The molecular weight excluding hydrogens is 613 g/mol. The van der Waals surface area contributed by atoms with Gasteiger partial charge in [0.15, 0.2) is 6.61 Å². The van der Waals surface area contributed by atoms with E-state index < -0.39 is 17.6 Å². The van der Waals surface area contributed by atoms with E-state index in [0.29, 0.717) is 55.2 Å². The minimum atomic E-state index is -0.681. The number of piperidine rings is 1. The Labute approximate surface area is 281 Å². The molecular formula is C38H44FN3O6. The van der Waals surface area contributed by atoms with E-state index in [1.54, 1.807) is 35.1 Å². The number of benzene rings is 3. The number of halogens is 1. The Bertz CT molecular complexity index is 1670. The first-order valence-corrected chi connectivity index (χ1v) is 16.8. The molecule has 1 saturated carbocycles. The SMILES string of the molecule is COCCCN1C(=O)COc2ccc(N(C(=O)[C@H]3CN(C(=O)OC(C)(C)C)CC[C@@H]3c3cccc(-c4ccccc4F)c3)C3CC3)cc21. The van der Waals surface area contributed by atoms with Crippen LogP contribution >= 0.6 is 0 Å². The number of nitrogens with zero attached hydrogens (tertiary/aromatic N) is 3. The minimum Gasteiger partial charge on any atom is -0.482 e. The van der Waals surface area contributed by atoms with E-state index in [9.17, 15) is 18.8 Å². The summed E-state index contributed by atoms with van der Waals surface area (Å²) in [7, 11) is 1.63. The molecule has 2 fully saturated rings. The van der Waals surface area contributed by atoms with Crippen molar-refractivity contribution in [2.75, 3.05) is 49.8 Å². The largest absolute Gasteiger partial charge is 0.482 e. The van der Waals surface area contributed by atoms with Crippen LogP contribution in [-0.4, -0.2) is 74.4 Å². The zero-order valence-corrected chi connectivity index (χ0v) is 28.1. The molecule has 2 heterocycles. The van der Waals surface area contributed by atoms with Crippen LogP contribution in [0.4, 0.5) is 20.6 Å². The van der Waals surface area contributed by atoms with Gasteiger partial charge < -0.3 is 28.9 Å².